The predicted octanol–water partition coefficient (Wildman–Crippen LogP) is 13.0. The summed E-state index contributed by atoms with van der Waals surface area (Å²) in [5.41, 5.74) is 14.1. The minimum absolute atomic E-state index is 0. The molecule has 0 saturated carbocycles. The standard InChI is InChI=1S/C44H27Cl3N4O.Zn/c45-29-9-1-25(2-10-29)41-33-17-19-35(48-33)42(26-3-11-30(46)12-4-26)37-21-23-39(50-37)44(28-7-15-32(52)16-8-28)40-24-22-38(51-40)43(36-20-18-34(41)49-36)27-5-13-31(47)14-6-27;/h1-24,48,51-52H;/q;+2. The topological polar surface area (TPSA) is 77.6 Å². The minimum atomic E-state index is 0. The van der Waals surface area contributed by atoms with Gasteiger partial charge in [0.15, 0.2) is 0 Å². The normalized spacial score (nSPS) is 11.8. The van der Waals surface area contributed by atoms with E-state index in [-0.39, 0.29) is 25.2 Å². The van der Waals surface area contributed by atoms with E-state index in [1.54, 1.807) is 12.1 Å². The first kappa shape index (κ1) is 34.8. The smallest absolute Gasteiger partial charge is 0.508 e. The SMILES string of the molecule is Oc1ccc(-c2c3nc(c(-c4ccc(Cl)cc4)c4ccc([nH]4)c(-c4ccc(Cl)cc4)c4nc(c(-c5ccc(Cl)cc5)c5ccc2[nH]5)C=C4)C=C3)cc1.[Zn+2]. The number of H-pyrrole nitrogens is 2. The maximum Gasteiger partial charge on any atom is 2.00 e. The average Bonchev–Trinajstić information content (AvgIpc) is 3.99. The number of hydrogen-bond donors (Lipinski definition) is 3. The molecule has 5 heterocycles. The molecule has 0 unspecified atom stereocenters. The zero-order valence-corrected chi connectivity index (χ0v) is 33.3. The second-order valence-corrected chi connectivity index (χ2v) is 13.9. The van der Waals surface area contributed by atoms with E-state index in [9.17, 15) is 5.11 Å². The number of hydrogen-bond acceptors (Lipinski definition) is 3. The maximum atomic E-state index is 10.2. The number of nitrogens with zero attached hydrogens (tertiary/aromatic N) is 2. The molecule has 53 heavy (non-hydrogen) atoms. The molecule has 4 aromatic carbocycles. The van der Waals surface area contributed by atoms with Gasteiger partial charge in [0.25, 0.3) is 0 Å². The second kappa shape index (κ2) is 14.3. The number of phenolic OH excluding ortho intramolecular Hbond substituents is 1. The Bertz CT molecular complexity index is 2380. The van der Waals surface area contributed by atoms with Crippen LogP contribution < -0.4 is 0 Å². The quantitative estimate of drug-likeness (QED) is 0.155. The van der Waals surface area contributed by atoms with Crippen molar-refractivity contribution in [3.63, 3.8) is 0 Å². The molecule has 0 atom stereocenters. The van der Waals surface area contributed by atoms with Crippen molar-refractivity contribution in [3.8, 4) is 50.3 Å². The fourth-order valence-corrected chi connectivity index (χ4v) is 7.28. The van der Waals surface area contributed by atoms with Crippen molar-refractivity contribution < 1.29 is 24.6 Å². The molecule has 2 aliphatic rings. The molecule has 0 saturated heterocycles. The number of nitrogens with one attached hydrogen (secondary N) is 2. The van der Waals surface area contributed by atoms with Crippen molar-refractivity contribution in [3.05, 3.63) is 159 Å². The van der Waals surface area contributed by atoms with Gasteiger partial charge in [0, 0.05) is 59.4 Å². The summed E-state index contributed by atoms with van der Waals surface area (Å²) in [6, 6.07) is 38.9. The van der Waals surface area contributed by atoms with E-state index >= 15 is 0 Å². The van der Waals surface area contributed by atoms with Gasteiger partial charge < -0.3 is 15.1 Å². The molecular formula is C44H27Cl3N4OZn+2. The number of phenols is 1. The fraction of sp³-hybridized carbons (Fsp3) is 0. The van der Waals surface area contributed by atoms with Crippen LogP contribution in [0.5, 0.6) is 5.75 Å². The van der Waals surface area contributed by atoms with E-state index in [0.717, 1.165) is 89.4 Å². The predicted molar refractivity (Wildman–Crippen MR) is 217 cm³/mol. The monoisotopic (exact) mass is 796 g/mol. The molecule has 9 rings (SSSR count). The van der Waals surface area contributed by atoms with Crippen molar-refractivity contribution in [1.82, 2.24) is 19.9 Å². The summed E-state index contributed by atoms with van der Waals surface area (Å²) in [6.07, 6.45) is 8.19. The van der Waals surface area contributed by atoms with Gasteiger partial charge in [-0.05, 0) is 119 Å². The molecule has 2 aliphatic heterocycles. The molecule has 7 aromatic rings. The molecule has 0 radical (unpaired) electrons. The second-order valence-electron chi connectivity index (χ2n) is 12.6. The van der Waals surface area contributed by atoms with E-state index < -0.39 is 0 Å². The van der Waals surface area contributed by atoms with Crippen molar-refractivity contribution in [2.24, 2.45) is 0 Å². The largest absolute Gasteiger partial charge is 2.00 e. The zero-order valence-electron chi connectivity index (χ0n) is 28.0. The van der Waals surface area contributed by atoms with Crippen molar-refractivity contribution in [2.75, 3.05) is 0 Å². The Hall–Kier alpha value is -5.23. The Labute approximate surface area is 333 Å². The van der Waals surface area contributed by atoms with Crippen molar-refractivity contribution in [2.45, 2.75) is 0 Å². The number of aromatic amines is 2. The first-order valence-electron chi connectivity index (χ1n) is 16.6. The molecule has 250 valence electrons. The summed E-state index contributed by atoms with van der Waals surface area (Å²) < 4.78 is 0. The summed E-state index contributed by atoms with van der Waals surface area (Å²) in [6.45, 7) is 0. The Morgan fingerprint density at radius 3 is 0.868 bits per heavy atom. The Kier molecular flexibility index (Phi) is 9.40. The maximum absolute atomic E-state index is 10.2. The van der Waals surface area contributed by atoms with Gasteiger partial charge in [-0.25, -0.2) is 9.97 Å². The van der Waals surface area contributed by atoms with Gasteiger partial charge in [0.2, 0.25) is 0 Å². The van der Waals surface area contributed by atoms with Gasteiger partial charge in [-0.1, -0.05) is 83.3 Å². The summed E-state index contributed by atoms with van der Waals surface area (Å²) in [4.78, 5) is 18.0. The van der Waals surface area contributed by atoms with Crippen LogP contribution in [0.15, 0.2) is 121 Å². The summed E-state index contributed by atoms with van der Waals surface area (Å²) in [5, 5.41) is 12.1. The van der Waals surface area contributed by atoms with Crippen LogP contribution in [0.2, 0.25) is 15.1 Å². The average molecular weight is 799 g/mol. The van der Waals surface area contributed by atoms with Gasteiger partial charge in [0.05, 0.1) is 22.8 Å². The van der Waals surface area contributed by atoms with Gasteiger partial charge in [-0.2, -0.15) is 0 Å². The van der Waals surface area contributed by atoms with Crippen LogP contribution in [0.25, 0.3) is 90.9 Å². The molecule has 8 bridgehead atoms. The number of rotatable bonds is 4. The van der Waals surface area contributed by atoms with Crippen LogP contribution >= 0.6 is 34.8 Å². The first-order chi connectivity index (χ1) is 25.4. The van der Waals surface area contributed by atoms with Crippen LogP contribution in [0.1, 0.15) is 22.8 Å². The Balaban J connectivity index is 0.00000400. The van der Waals surface area contributed by atoms with Crippen LogP contribution in [-0.4, -0.2) is 25.0 Å². The zero-order chi connectivity index (χ0) is 35.3. The number of halogens is 3. The summed E-state index contributed by atoms with van der Waals surface area (Å²) in [7, 11) is 0. The third kappa shape index (κ3) is 6.65. The Morgan fingerprint density at radius 2 is 0.604 bits per heavy atom. The first-order valence-corrected chi connectivity index (χ1v) is 17.7. The molecule has 0 amide bonds. The number of fused-ring (bicyclic) bond motifs is 8. The molecule has 0 aliphatic carbocycles. The van der Waals surface area contributed by atoms with E-state index in [0.29, 0.717) is 15.1 Å². The minimum Gasteiger partial charge on any atom is -0.508 e. The van der Waals surface area contributed by atoms with Crippen molar-refractivity contribution in [1.29, 1.82) is 0 Å². The third-order valence-corrected chi connectivity index (χ3v) is 10.1. The van der Waals surface area contributed by atoms with Crippen molar-refractivity contribution >= 4 is 81.2 Å². The van der Waals surface area contributed by atoms with E-state index in [1.165, 1.54) is 0 Å². The molecule has 9 heteroatoms. The van der Waals surface area contributed by atoms with Crippen LogP contribution in [0.4, 0.5) is 0 Å². The van der Waals surface area contributed by atoms with Gasteiger partial charge in [0.1, 0.15) is 5.75 Å². The van der Waals surface area contributed by atoms with E-state index in [1.807, 2.05) is 97.1 Å². The fourth-order valence-electron chi connectivity index (χ4n) is 6.90. The molecule has 0 spiro atoms. The van der Waals surface area contributed by atoms with E-state index in [2.05, 4.69) is 46.4 Å². The van der Waals surface area contributed by atoms with E-state index in [4.69, 9.17) is 44.8 Å². The number of aromatic hydroxyl groups is 1. The van der Waals surface area contributed by atoms with Gasteiger partial charge in [-0.3, -0.25) is 0 Å². The number of aromatic nitrogens is 4. The number of benzene rings is 4. The summed E-state index contributed by atoms with van der Waals surface area (Å²) >= 11 is 19.1. The van der Waals surface area contributed by atoms with Crippen LogP contribution in [-0.2, 0) is 19.5 Å². The van der Waals surface area contributed by atoms with Gasteiger partial charge in [-0.15, -0.1) is 0 Å². The molecule has 5 nitrogen and oxygen atoms in total. The Morgan fingerprint density at radius 1 is 0.358 bits per heavy atom. The molecule has 3 N–H and O–H groups in total. The van der Waals surface area contributed by atoms with Crippen LogP contribution in [0.3, 0.4) is 0 Å². The summed E-state index contributed by atoms with van der Waals surface area (Å²) in [5.74, 6) is 0.188. The molecule has 0 fully saturated rings. The van der Waals surface area contributed by atoms with Gasteiger partial charge >= 0.3 is 19.5 Å². The third-order valence-electron chi connectivity index (χ3n) is 9.31. The molecular weight excluding hydrogens is 772 g/mol. The van der Waals surface area contributed by atoms with Crippen LogP contribution in [0, 0.1) is 0 Å². The molecule has 3 aromatic heterocycles.